The number of hydrogen-bond acceptors (Lipinski definition) is 3. The predicted octanol–water partition coefficient (Wildman–Crippen LogP) is 1.90. The number of methoxy groups -OCH3 is 1. The summed E-state index contributed by atoms with van der Waals surface area (Å²) < 4.78 is 18.0. The molecule has 0 heterocycles. The van der Waals surface area contributed by atoms with Crippen molar-refractivity contribution < 1.29 is 13.9 Å². The maximum Gasteiger partial charge on any atom is 0.224 e. The molecule has 0 unspecified atom stereocenters. The number of hydrogen-bond donors (Lipinski definition) is 2. The molecule has 0 fully saturated rings. The van der Waals surface area contributed by atoms with Crippen LogP contribution in [-0.4, -0.2) is 19.6 Å². The molecule has 1 aromatic carbocycles. The summed E-state index contributed by atoms with van der Waals surface area (Å²) in [6.07, 6.45) is 1.92. The predicted molar refractivity (Wildman–Crippen MR) is 64.5 cm³/mol. The molecule has 94 valence electrons. The van der Waals surface area contributed by atoms with Gasteiger partial charge in [0.05, 0.1) is 7.11 Å². The van der Waals surface area contributed by atoms with Gasteiger partial charge in [0.2, 0.25) is 5.91 Å². The summed E-state index contributed by atoms with van der Waals surface area (Å²) in [5.74, 6) is -0.213. The van der Waals surface area contributed by atoms with Crippen LogP contribution in [0.4, 0.5) is 10.1 Å². The van der Waals surface area contributed by atoms with Crippen molar-refractivity contribution in [3.05, 3.63) is 24.0 Å². The molecule has 0 bridgehead atoms. The van der Waals surface area contributed by atoms with Gasteiger partial charge < -0.3 is 15.8 Å². The van der Waals surface area contributed by atoms with Crippen LogP contribution in [0.15, 0.2) is 18.2 Å². The highest BCUT2D eigenvalue weighted by Crippen LogP contribution is 2.20. The van der Waals surface area contributed by atoms with E-state index in [-0.39, 0.29) is 5.91 Å². The van der Waals surface area contributed by atoms with Crippen molar-refractivity contribution in [2.45, 2.75) is 19.3 Å². The summed E-state index contributed by atoms with van der Waals surface area (Å²) in [5, 5.41) is 2.62. The second-order valence-electron chi connectivity index (χ2n) is 3.67. The molecular weight excluding hydrogens is 223 g/mol. The Morgan fingerprint density at radius 1 is 1.41 bits per heavy atom. The minimum absolute atomic E-state index is 0.147. The Kier molecular flexibility index (Phi) is 5.42. The first-order valence-electron chi connectivity index (χ1n) is 5.50. The molecule has 0 spiro atoms. The Morgan fingerprint density at radius 2 is 2.18 bits per heavy atom. The zero-order valence-corrected chi connectivity index (χ0v) is 9.83. The average molecular weight is 240 g/mol. The summed E-state index contributed by atoms with van der Waals surface area (Å²) >= 11 is 0. The molecule has 17 heavy (non-hydrogen) atoms. The van der Waals surface area contributed by atoms with Crippen LogP contribution < -0.4 is 15.8 Å². The highest BCUT2D eigenvalue weighted by Gasteiger charge is 2.05. The highest BCUT2D eigenvalue weighted by atomic mass is 19.1. The summed E-state index contributed by atoms with van der Waals surface area (Å²) in [4.78, 5) is 11.5. The molecule has 1 amide bonds. The molecule has 0 aliphatic heterocycles. The van der Waals surface area contributed by atoms with E-state index in [1.165, 1.54) is 19.2 Å². The maximum absolute atomic E-state index is 13.1. The van der Waals surface area contributed by atoms with E-state index in [1.807, 2.05) is 0 Å². The van der Waals surface area contributed by atoms with E-state index < -0.39 is 5.82 Å². The number of anilines is 1. The second kappa shape index (κ2) is 6.85. The van der Waals surface area contributed by atoms with Crippen molar-refractivity contribution in [2.24, 2.45) is 5.73 Å². The van der Waals surface area contributed by atoms with Crippen LogP contribution in [0.1, 0.15) is 19.3 Å². The van der Waals surface area contributed by atoms with Gasteiger partial charge in [-0.1, -0.05) is 0 Å². The second-order valence-corrected chi connectivity index (χ2v) is 3.67. The molecule has 4 nitrogen and oxygen atoms in total. The SMILES string of the molecule is COc1cc(F)cc(NC(=O)CCCCN)c1. The smallest absolute Gasteiger partial charge is 0.224 e. The zero-order chi connectivity index (χ0) is 12.7. The Bertz CT molecular complexity index is 383. The molecule has 1 aromatic rings. The fraction of sp³-hybridized carbons (Fsp3) is 0.417. The molecule has 0 aromatic heterocycles. The van der Waals surface area contributed by atoms with Crippen LogP contribution in [0.3, 0.4) is 0 Å². The topological polar surface area (TPSA) is 64.3 Å². The first kappa shape index (κ1) is 13.4. The summed E-state index contributed by atoms with van der Waals surface area (Å²) in [6.45, 7) is 0.571. The number of carbonyl (C=O) groups excluding carboxylic acids is 1. The number of rotatable bonds is 6. The van der Waals surface area contributed by atoms with E-state index in [4.69, 9.17) is 10.5 Å². The van der Waals surface area contributed by atoms with Gasteiger partial charge in [-0.25, -0.2) is 4.39 Å². The quantitative estimate of drug-likeness (QED) is 0.746. The third-order valence-corrected chi connectivity index (χ3v) is 2.25. The number of ether oxygens (including phenoxy) is 1. The fourth-order valence-electron chi connectivity index (χ4n) is 1.41. The first-order chi connectivity index (χ1) is 8.15. The molecule has 0 aliphatic rings. The molecule has 5 heteroatoms. The van der Waals surface area contributed by atoms with E-state index in [2.05, 4.69) is 5.32 Å². The third kappa shape index (κ3) is 4.82. The van der Waals surface area contributed by atoms with Gasteiger partial charge in [0.15, 0.2) is 0 Å². The number of nitrogens with one attached hydrogen (secondary N) is 1. The van der Waals surface area contributed by atoms with Crippen molar-refractivity contribution in [1.82, 2.24) is 0 Å². The highest BCUT2D eigenvalue weighted by molar-refractivity contribution is 5.90. The van der Waals surface area contributed by atoms with Crippen LogP contribution >= 0.6 is 0 Å². The monoisotopic (exact) mass is 240 g/mol. The minimum atomic E-state index is -0.443. The van der Waals surface area contributed by atoms with Crippen LogP contribution in [0.2, 0.25) is 0 Å². The van der Waals surface area contributed by atoms with Gasteiger partial charge in [-0.2, -0.15) is 0 Å². The van der Waals surface area contributed by atoms with Gasteiger partial charge in [-0.15, -0.1) is 0 Å². The van der Waals surface area contributed by atoms with Crippen LogP contribution in [0.5, 0.6) is 5.75 Å². The Morgan fingerprint density at radius 3 is 2.82 bits per heavy atom. The van der Waals surface area contributed by atoms with Crippen LogP contribution in [0.25, 0.3) is 0 Å². The summed E-state index contributed by atoms with van der Waals surface area (Å²) in [5.41, 5.74) is 5.73. The number of nitrogens with two attached hydrogens (primary N) is 1. The molecule has 1 rings (SSSR count). The van der Waals surface area contributed by atoms with E-state index in [9.17, 15) is 9.18 Å². The van der Waals surface area contributed by atoms with Crippen molar-refractivity contribution in [3.8, 4) is 5.75 Å². The van der Waals surface area contributed by atoms with E-state index in [0.29, 0.717) is 24.4 Å². The lowest BCUT2D eigenvalue weighted by atomic mass is 10.2. The van der Waals surface area contributed by atoms with Gasteiger partial charge in [0.1, 0.15) is 11.6 Å². The molecule has 0 saturated heterocycles. The molecule has 0 radical (unpaired) electrons. The van der Waals surface area contributed by atoms with Gasteiger partial charge in [0.25, 0.3) is 0 Å². The van der Waals surface area contributed by atoms with E-state index in [0.717, 1.165) is 12.8 Å². The van der Waals surface area contributed by atoms with E-state index in [1.54, 1.807) is 6.07 Å². The fourth-order valence-corrected chi connectivity index (χ4v) is 1.41. The Balaban J connectivity index is 2.55. The zero-order valence-electron chi connectivity index (χ0n) is 9.83. The van der Waals surface area contributed by atoms with Crippen LogP contribution in [0, 0.1) is 5.82 Å². The number of halogens is 1. The maximum atomic E-state index is 13.1. The van der Waals surface area contributed by atoms with Crippen molar-refractivity contribution in [1.29, 1.82) is 0 Å². The van der Waals surface area contributed by atoms with Gasteiger partial charge >= 0.3 is 0 Å². The lowest BCUT2D eigenvalue weighted by Gasteiger charge is -2.07. The lowest BCUT2D eigenvalue weighted by molar-refractivity contribution is -0.116. The number of amides is 1. The Hall–Kier alpha value is -1.62. The standard InChI is InChI=1S/C12H17FN2O2/c1-17-11-7-9(13)6-10(8-11)15-12(16)4-2-3-5-14/h6-8H,2-5,14H2,1H3,(H,15,16). The number of benzene rings is 1. The largest absolute Gasteiger partial charge is 0.497 e. The van der Waals surface area contributed by atoms with Crippen molar-refractivity contribution >= 4 is 11.6 Å². The first-order valence-corrected chi connectivity index (χ1v) is 5.50. The molecule has 0 saturated carbocycles. The normalized spacial score (nSPS) is 10.1. The summed E-state index contributed by atoms with van der Waals surface area (Å²) in [7, 11) is 1.45. The molecule has 3 N–H and O–H groups in total. The van der Waals surface area contributed by atoms with Crippen molar-refractivity contribution in [3.63, 3.8) is 0 Å². The molecular formula is C12H17FN2O2. The number of unbranched alkanes of at least 4 members (excludes halogenated alkanes) is 1. The lowest BCUT2D eigenvalue weighted by Crippen LogP contribution is -2.12. The Labute approximate surface area is 100.0 Å². The minimum Gasteiger partial charge on any atom is -0.497 e. The van der Waals surface area contributed by atoms with Gasteiger partial charge in [-0.05, 0) is 25.5 Å². The van der Waals surface area contributed by atoms with Gasteiger partial charge in [-0.3, -0.25) is 4.79 Å². The molecule has 0 aliphatic carbocycles. The summed E-state index contributed by atoms with van der Waals surface area (Å²) in [6, 6.07) is 4.08. The van der Waals surface area contributed by atoms with Gasteiger partial charge in [0, 0.05) is 24.2 Å². The molecule has 0 atom stereocenters. The van der Waals surface area contributed by atoms with Crippen molar-refractivity contribution in [2.75, 3.05) is 19.0 Å². The van der Waals surface area contributed by atoms with Crippen LogP contribution in [-0.2, 0) is 4.79 Å². The third-order valence-electron chi connectivity index (χ3n) is 2.25. The van der Waals surface area contributed by atoms with E-state index >= 15 is 0 Å². The average Bonchev–Trinajstić information content (AvgIpc) is 2.28. The number of carbonyl (C=O) groups is 1.